The number of aliphatic carboxylic acids is 1. The summed E-state index contributed by atoms with van der Waals surface area (Å²) in [6.07, 6.45) is 0. The van der Waals surface area contributed by atoms with Gasteiger partial charge in [-0.2, -0.15) is 9.37 Å². The predicted octanol–water partition coefficient (Wildman–Crippen LogP) is 3.97. The van der Waals surface area contributed by atoms with E-state index in [9.17, 15) is 14.3 Å². The number of aromatic nitrogens is 1. The van der Waals surface area contributed by atoms with Crippen molar-refractivity contribution in [3.05, 3.63) is 39.8 Å². The quantitative estimate of drug-likeness (QED) is 0.503. The van der Waals surface area contributed by atoms with Crippen LogP contribution in [0.3, 0.4) is 0 Å². The Morgan fingerprint density at radius 2 is 2.04 bits per heavy atom. The summed E-state index contributed by atoms with van der Waals surface area (Å²) in [4.78, 5) is 14.3. The largest absolute Gasteiger partial charge is 0.508 e. The first-order chi connectivity index (χ1) is 12.6. The molecule has 0 bridgehead atoms. The van der Waals surface area contributed by atoms with Gasteiger partial charge >= 0.3 is 5.97 Å². The summed E-state index contributed by atoms with van der Waals surface area (Å²) in [5.41, 5.74) is 6.02. The van der Waals surface area contributed by atoms with E-state index in [1.165, 1.54) is 12.1 Å². The van der Waals surface area contributed by atoms with Gasteiger partial charge in [-0.1, -0.05) is 37.0 Å². The molecule has 2 rings (SSSR count). The molecule has 0 saturated carbocycles. The molecule has 1 atom stereocenters. The number of benzene rings is 1. The first kappa shape index (κ1) is 21.0. The van der Waals surface area contributed by atoms with Crippen LogP contribution in [0.25, 0.3) is 0 Å². The smallest absolute Gasteiger partial charge is 0.322 e. The van der Waals surface area contributed by atoms with E-state index in [0.29, 0.717) is 5.56 Å². The second-order valence-corrected chi connectivity index (χ2v) is 6.77. The second kappa shape index (κ2) is 8.60. The summed E-state index contributed by atoms with van der Waals surface area (Å²) < 4.78 is 19.7. The third-order valence-electron chi connectivity index (χ3n) is 3.65. The van der Waals surface area contributed by atoms with Crippen molar-refractivity contribution in [3.8, 4) is 17.2 Å². The van der Waals surface area contributed by atoms with Crippen molar-refractivity contribution in [1.82, 2.24) is 4.98 Å². The molecule has 0 aliphatic carbocycles. The Hall–Kier alpha value is -2.29. The minimum atomic E-state index is -1.24. The number of nitrogens with two attached hydrogens (primary N) is 1. The summed E-state index contributed by atoms with van der Waals surface area (Å²) in [6, 6.07) is 3.25. The Labute approximate surface area is 164 Å². The Morgan fingerprint density at radius 1 is 1.37 bits per heavy atom. The molecule has 2 aromatic rings. The SMILES string of the molecule is CC(C)c1cc(Oc2c(Cl)c(F)nc(NC[C@H](N)C(=O)O)c2Cl)ccc1O. The van der Waals surface area contributed by atoms with Crippen molar-refractivity contribution in [2.75, 3.05) is 11.9 Å². The fraction of sp³-hybridized carbons (Fsp3) is 0.294. The first-order valence-electron chi connectivity index (χ1n) is 7.89. The standard InChI is InChI=1S/C17H18Cl2FN3O4/c1-7(2)9-5-8(3-4-11(9)24)27-14-12(18)15(20)23-16(13(14)19)22-6-10(21)17(25)26/h3-5,7,10,24H,6,21H2,1-2H3,(H,22,23)(H,25,26)/t10-/m0/s1. The highest BCUT2D eigenvalue weighted by molar-refractivity contribution is 6.38. The lowest BCUT2D eigenvalue weighted by Crippen LogP contribution is -2.37. The Bertz CT molecular complexity index is 865. The van der Waals surface area contributed by atoms with Crippen LogP contribution in [-0.2, 0) is 4.79 Å². The average Bonchev–Trinajstić information content (AvgIpc) is 2.61. The van der Waals surface area contributed by atoms with Crippen LogP contribution < -0.4 is 15.8 Å². The van der Waals surface area contributed by atoms with E-state index in [1.54, 1.807) is 6.07 Å². The van der Waals surface area contributed by atoms with Gasteiger partial charge in [0, 0.05) is 12.1 Å². The molecule has 27 heavy (non-hydrogen) atoms. The number of hydrogen-bond acceptors (Lipinski definition) is 6. The minimum absolute atomic E-state index is 0.0170. The van der Waals surface area contributed by atoms with E-state index in [0.717, 1.165) is 0 Å². The third-order valence-corrected chi connectivity index (χ3v) is 4.32. The van der Waals surface area contributed by atoms with Crippen molar-refractivity contribution < 1.29 is 24.1 Å². The monoisotopic (exact) mass is 417 g/mol. The molecular formula is C17H18Cl2FN3O4. The molecule has 1 aromatic heterocycles. The van der Waals surface area contributed by atoms with Gasteiger partial charge in [0.15, 0.2) is 11.6 Å². The molecule has 0 fully saturated rings. The fourth-order valence-electron chi connectivity index (χ4n) is 2.17. The van der Waals surface area contributed by atoms with Crippen molar-refractivity contribution in [2.24, 2.45) is 5.73 Å². The van der Waals surface area contributed by atoms with Gasteiger partial charge in [-0.25, -0.2) is 0 Å². The molecule has 5 N–H and O–H groups in total. The van der Waals surface area contributed by atoms with Crippen LogP contribution in [0.2, 0.25) is 10.0 Å². The maximum atomic E-state index is 14.1. The van der Waals surface area contributed by atoms with Crippen molar-refractivity contribution >= 4 is 35.0 Å². The van der Waals surface area contributed by atoms with Crippen LogP contribution in [0, 0.1) is 5.95 Å². The third kappa shape index (κ3) is 4.91. The van der Waals surface area contributed by atoms with Gasteiger partial charge in [-0.15, -0.1) is 0 Å². The van der Waals surface area contributed by atoms with Gasteiger partial charge in [-0.05, 0) is 24.1 Å². The van der Waals surface area contributed by atoms with E-state index < -0.39 is 23.0 Å². The van der Waals surface area contributed by atoms with E-state index in [4.69, 9.17) is 38.8 Å². The maximum Gasteiger partial charge on any atom is 0.322 e. The van der Waals surface area contributed by atoms with Crippen LogP contribution in [0.5, 0.6) is 17.2 Å². The maximum absolute atomic E-state index is 14.1. The molecule has 146 valence electrons. The molecule has 1 heterocycles. The predicted molar refractivity (Wildman–Crippen MR) is 101 cm³/mol. The number of halogens is 3. The number of phenols is 1. The molecular weight excluding hydrogens is 400 g/mol. The number of phenolic OH excluding ortho intramolecular Hbond substituents is 1. The van der Waals surface area contributed by atoms with Crippen molar-refractivity contribution in [1.29, 1.82) is 0 Å². The van der Waals surface area contributed by atoms with Crippen LogP contribution in [-0.4, -0.2) is 33.8 Å². The van der Waals surface area contributed by atoms with Crippen molar-refractivity contribution in [2.45, 2.75) is 25.8 Å². The molecule has 0 radical (unpaired) electrons. The number of nitrogens with zero attached hydrogens (tertiary/aromatic N) is 1. The summed E-state index contributed by atoms with van der Waals surface area (Å²) in [6.45, 7) is 3.54. The number of carboxylic acids is 1. The molecule has 0 aliphatic heterocycles. The molecule has 0 unspecified atom stereocenters. The van der Waals surface area contributed by atoms with E-state index in [1.807, 2.05) is 13.8 Å². The molecule has 0 saturated heterocycles. The van der Waals surface area contributed by atoms with Gasteiger partial charge in [0.25, 0.3) is 0 Å². The Morgan fingerprint density at radius 3 is 2.63 bits per heavy atom. The molecule has 10 heteroatoms. The van der Waals surface area contributed by atoms with Crippen molar-refractivity contribution in [3.63, 3.8) is 0 Å². The number of pyridine rings is 1. The summed E-state index contributed by atoms with van der Waals surface area (Å²) >= 11 is 12.1. The zero-order chi connectivity index (χ0) is 20.3. The first-order valence-corrected chi connectivity index (χ1v) is 8.64. The topological polar surface area (TPSA) is 118 Å². The zero-order valence-corrected chi connectivity index (χ0v) is 16.0. The van der Waals surface area contributed by atoms with Gasteiger partial charge in [0.05, 0.1) is 0 Å². The lowest BCUT2D eigenvalue weighted by atomic mass is 10.0. The molecule has 0 amide bonds. The highest BCUT2D eigenvalue weighted by Crippen LogP contribution is 2.42. The Balaban J connectivity index is 2.36. The highest BCUT2D eigenvalue weighted by Gasteiger charge is 2.21. The number of ether oxygens (including phenoxy) is 1. The zero-order valence-electron chi connectivity index (χ0n) is 14.5. The van der Waals surface area contributed by atoms with E-state index in [2.05, 4.69) is 10.3 Å². The number of nitrogens with one attached hydrogen (secondary N) is 1. The van der Waals surface area contributed by atoms with Gasteiger partial charge < -0.3 is 26.0 Å². The Kier molecular flexibility index (Phi) is 6.69. The van der Waals surface area contributed by atoms with E-state index in [-0.39, 0.29) is 40.6 Å². The number of carbonyl (C=O) groups is 1. The van der Waals surface area contributed by atoms with Gasteiger partial charge in [-0.3, -0.25) is 4.79 Å². The van der Waals surface area contributed by atoms with Gasteiger partial charge in [0.1, 0.15) is 27.6 Å². The van der Waals surface area contributed by atoms with Gasteiger partial charge in [0.2, 0.25) is 5.95 Å². The normalized spacial score (nSPS) is 12.1. The average molecular weight is 418 g/mol. The molecule has 7 nitrogen and oxygen atoms in total. The number of carboxylic acid groups (broad SMARTS) is 1. The molecule has 0 spiro atoms. The minimum Gasteiger partial charge on any atom is -0.508 e. The number of anilines is 1. The summed E-state index contributed by atoms with van der Waals surface area (Å²) in [5.74, 6) is -2.26. The van der Waals surface area contributed by atoms with Crippen LogP contribution >= 0.6 is 23.2 Å². The highest BCUT2D eigenvalue weighted by atomic mass is 35.5. The number of hydrogen-bond donors (Lipinski definition) is 4. The lowest BCUT2D eigenvalue weighted by molar-refractivity contribution is -0.138. The second-order valence-electron chi connectivity index (χ2n) is 6.01. The molecule has 1 aromatic carbocycles. The lowest BCUT2D eigenvalue weighted by Gasteiger charge is -2.16. The fourth-order valence-corrected chi connectivity index (χ4v) is 2.64. The number of rotatable bonds is 7. The summed E-state index contributed by atoms with van der Waals surface area (Å²) in [7, 11) is 0. The number of aromatic hydroxyl groups is 1. The van der Waals surface area contributed by atoms with E-state index >= 15 is 0 Å². The van der Waals surface area contributed by atoms with Crippen LogP contribution in [0.15, 0.2) is 18.2 Å². The molecule has 0 aliphatic rings. The van der Waals surface area contributed by atoms with Crippen LogP contribution in [0.4, 0.5) is 10.2 Å². The summed E-state index contributed by atoms with van der Waals surface area (Å²) in [5, 5.41) is 20.7. The van der Waals surface area contributed by atoms with Crippen LogP contribution in [0.1, 0.15) is 25.3 Å².